The Hall–Kier alpha value is -1.26. The van der Waals surface area contributed by atoms with Crippen LogP contribution in [0, 0.1) is 0 Å². The lowest BCUT2D eigenvalue weighted by atomic mass is 10.1. The monoisotopic (exact) mass is 271 g/mol. The molecule has 1 heterocycles. The van der Waals surface area contributed by atoms with E-state index in [-0.39, 0.29) is 6.54 Å². The van der Waals surface area contributed by atoms with Gasteiger partial charge in [0.2, 0.25) is 0 Å². The summed E-state index contributed by atoms with van der Waals surface area (Å²) in [5, 5.41) is 4.15. The van der Waals surface area contributed by atoms with E-state index in [1.165, 1.54) is 0 Å². The Morgan fingerprint density at radius 1 is 1.53 bits per heavy atom. The Morgan fingerprint density at radius 2 is 2.29 bits per heavy atom. The molecule has 6 heteroatoms. The summed E-state index contributed by atoms with van der Waals surface area (Å²) in [5.41, 5.74) is 1.76. The van der Waals surface area contributed by atoms with Crippen LogP contribution in [0.3, 0.4) is 0 Å². The molecule has 0 fully saturated rings. The maximum absolute atomic E-state index is 10.6. The van der Waals surface area contributed by atoms with Crippen LogP contribution in [0.2, 0.25) is 10.0 Å². The molecule has 0 amide bonds. The minimum absolute atomic E-state index is 0.266. The molecule has 1 aliphatic rings. The van der Waals surface area contributed by atoms with Crippen molar-refractivity contribution in [3.63, 3.8) is 0 Å². The molecule has 0 atom stereocenters. The van der Waals surface area contributed by atoms with Crippen LogP contribution in [0.4, 0.5) is 5.69 Å². The Morgan fingerprint density at radius 3 is 2.94 bits per heavy atom. The minimum atomic E-state index is 0.266. The predicted octanol–water partition coefficient (Wildman–Crippen LogP) is 2.41. The van der Waals surface area contributed by atoms with Crippen molar-refractivity contribution in [2.24, 2.45) is 4.99 Å². The van der Waals surface area contributed by atoms with Gasteiger partial charge in [-0.05, 0) is 12.1 Å². The van der Waals surface area contributed by atoms with Gasteiger partial charge in [0.15, 0.2) is 5.96 Å². The van der Waals surface area contributed by atoms with Crippen LogP contribution in [0.25, 0.3) is 0 Å². The number of aliphatic imine (C=N–C) groups is 1. The van der Waals surface area contributed by atoms with Crippen LogP contribution in [0.1, 0.15) is 5.56 Å². The van der Waals surface area contributed by atoms with E-state index in [1.807, 2.05) is 6.07 Å². The molecule has 0 spiro atoms. The van der Waals surface area contributed by atoms with Gasteiger partial charge >= 0.3 is 0 Å². The topological polar surface area (TPSA) is 44.7 Å². The number of carbonyl (C=O) groups excluding carboxylic acids is 1. The Bertz CT molecular complexity index is 488. The lowest BCUT2D eigenvalue weighted by Gasteiger charge is -2.31. The van der Waals surface area contributed by atoms with Crippen LogP contribution in [0.15, 0.2) is 17.1 Å². The number of nitrogens with zero attached hydrogens (tertiary/aromatic N) is 2. The fourth-order valence-electron chi connectivity index (χ4n) is 1.77. The van der Waals surface area contributed by atoms with E-state index in [0.29, 0.717) is 22.5 Å². The van der Waals surface area contributed by atoms with Crippen molar-refractivity contribution in [2.45, 2.75) is 6.54 Å². The van der Waals surface area contributed by atoms with E-state index in [1.54, 1.807) is 18.0 Å². The van der Waals surface area contributed by atoms with Gasteiger partial charge in [-0.1, -0.05) is 23.2 Å². The number of guanidine groups is 1. The SMILES string of the molecule is CN=C1Nc2ccc(Cl)c(Cl)c2CN1CC=O. The summed E-state index contributed by atoms with van der Waals surface area (Å²) in [7, 11) is 1.67. The van der Waals surface area contributed by atoms with Gasteiger partial charge in [0, 0.05) is 24.8 Å². The summed E-state index contributed by atoms with van der Waals surface area (Å²) in [5.74, 6) is 0.656. The first kappa shape index (κ1) is 12.2. The molecule has 2 rings (SSSR count). The molecule has 4 nitrogen and oxygen atoms in total. The fourth-order valence-corrected chi connectivity index (χ4v) is 2.17. The number of hydrogen-bond donors (Lipinski definition) is 1. The van der Waals surface area contributed by atoms with Crippen molar-refractivity contribution in [3.8, 4) is 0 Å². The Balaban J connectivity index is 2.43. The van der Waals surface area contributed by atoms with Crippen molar-refractivity contribution in [1.29, 1.82) is 0 Å². The van der Waals surface area contributed by atoms with Crippen molar-refractivity contribution in [2.75, 3.05) is 18.9 Å². The second-order valence-electron chi connectivity index (χ2n) is 3.61. The van der Waals surface area contributed by atoms with Crippen molar-refractivity contribution in [1.82, 2.24) is 4.90 Å². The highest BCUT2D eigenvalue weighted by Gasteiger charge is 2.23. The van der Waals surface area contributed by atoms with Gasteiger partial charge in [-0.2, -0.15) is 0 Å². The van der Waals surface area contributed by atoms with E-state index < -0.39 is 0 Å². The number of nitrogens with one attached hydrogen (secondary N) is 1. The molecule has 0 saturated carbocycles. The molecule has 1 aromatic carbocycles. The van der Waals surface area contributed by atoms with Crippen LogP contribution >= 0.6 is 23.2 Å². The number of halogens is 2. The number of fused-ring (bicyclic) bond motifs is 1. The van der Waals surface area contributed by atoms with Crippen molar-refractivity contribution < 1.29 is 4.79 Å². The van der Waals surface area contributed by atoms with E-state index >= 15 is 0 Å². The van der Waals surface area contributed by atoms with Crippen molar-refractivity contribution in [3.05, 3.63) is 27.7 Å². The van der Waals surface area contributed by atoms with Crippen molar-refractivity contribution >= 4 is 41.1 Å². The Kier molecular flexibility index (Phi) is 3.54. The molecule has 0 aliphatic carbocycles. The lowest BCUT2D eigenvalue weighted by Crippen LogP contribution is -2.41. The summed E-state index contributed by atoms with van der Waals surface area (Å²) in [4.78, 5) is 16.5. The van der Waals surface area contributed by atoms with Gasteiger partial charge < -0.3 is 15.0 Å². The molecule has 0 bridgehead atoms. The maximum atomic E-state index is 10.6. The molecule has 1 aromatic rings. The maximum Gasteiger partial charge on any atom is 0.198 e. The van der Waals surface area contributed by atoms with Gasteiger partial charge in [0.05, 0.1) is 16.6 Å². The first-order valence-corrected chi connectivity index (χ1v) is 5.82. The van der Waals surface area contributed by atoms with Gasteiger partial charge in [-0.15, -0.1) is 0 Å². The third kappa shape index (κ3) is 2.23. The van der Waals surface area contributed by atoms with E-state index in [2.05, 4.69) is 10.3 Å². The summed E-state index contributed by atoms with van der Waals surface area (Å²) in [6.07, 6.45) is 0.830. The largest absolute Gasteiger partial charge is 0.331 e. The van der Waals surface area contributed by atoms with Crippen LogP contribution < -0.4 is 5.32 Å². The van der Waals surface area contributed by atoms with Gasteiger partial charge in [0.25, 0.3) is 0 Å². The third-order valence-electron chi connectivity index (χ3n) is 2.60. The minimum Gasteiger partial charge on any atom is -0.331 e. The average molecular weight is 272 g/mol. The highest BCUT2D eigenvalue weighted by Crippen LogP contribution is 2.34. The molecule has 90 valence electrons. The quantitative estimate of drug-likeness (QED) is 0.841. The number of carbonyl (C=O) groups is 1. The highest BCUT2D eigenvalue weighted by atomic mass is 35.5. The zero-order valence-electron chi connectivity index (χ0n) is 9.20. The third-order valence-corrected chi connectivity index (χ3v) is 3.44. The number of hydrogen-bond acceptors (Lipinski definition) is 2. The molecule has 1 aliphatic heterocycles. The molecule has 0 radical (unpaired) electrons. The number of anilines is 1. The zero-order valence-corrected chi connectivity index (χ0v) is 10.7. The first-order chi connectivity index (χ1) is 8.17. The molecule has 1 N–H and O–H groups in total. The second kappa shape index (κ2) is 4.94. The fraction of sp³-hybridized carbons (Fsp3) is 0.273. The lowest BCUT2D eigenvalue weighted by molar-refractivity contribution is -0.108. The second-order valence-corrected chi connectivity index (χ2v) is 4.39. The molecular formula is C11H11Cl2N3O. The van der Waals surface area contributed by atoms with E-state index in [9.17, 15) is 4.79 Å². The standard InChI is InChI=1S/C11H11Cl2N3O/c1-14-11-15-9-3-2-8(12)10(13)7(9)6-16(11)4-5-17/h2-3,5H,4,6H2,1H3,(H,14,15). The molecule has 0 unspecified atom stereocenters. The number of aldehydes is 1. The molecular weight excluding hydrogens is 261 g/mol. The van der Waals surface area contributed by atoms with Crippen LogP contribution in [0.5, 0.6) is 0 Å². The average Bonchev–Trinajstić information content (AvgIpc) is 2.34. The number of rotatable bonds is 2. The normalized spacial score (nSPS) is 16.6. The molecule has 0 aromatic heterocycles. The summed E-state index contributed by atoms with van der Waals surface area (Å²) >= 11 is 12.1. The summed E-state index contributed by atoms with van der Waals surface area (Å²) in [6, 6.07) is 3.59. The number of benzene rings is 1. The van der Waals surface area contributed by atoms with Gasteiger partial charge in [-0.25, -0.2) is 0 Å². The zero-order chi connectivity index (χ0) is 12.4. The smallest absolute Gasteiger partial charge is 0.198 e. The summed E-state index contributed by atoms with van der Waals surface area (Å²) in [6.45, 7) is 0.787. The van der Waals surface area contributed by atoms with E-state index in [0.717, 1.165) is 17.5 Å². The van der Waals surface area contributed by atoms with E-state index in [4.69, 9.17) is 23.2 Å². The van der Waals surface area contributed by atoms with Crippen LogP contribution in [-0.2, 0) is 11.3 Å². The summed E-state index contributed by atoms with van der Waals surface area (Å²) < 4.78 is 0. The van der Waals surface area contributed by atoms with Crippen LogP contribution in [-0.4, -0.2) is 30.7 Å². The van der Waals surface area contributed by atoms with Gasteiger partial charge in [-0.3, -0.25) is 4.99 Å². The Labute approximate surface area is 109 Å². The highest BCUT2D eigenvalue weighted by molar-refractivity contribution is 6.42. The molecule has 0 saturated heterocycles. The molecule has 17 heavy (non-hydrogen) atoms. The first-order valence-electron chi connectivity index (χ1n) is 5.06. The van der Waals surface area contributed by atoms with Gasteiger partial charge in [0.1, 0.15) is 6.29 Å². The predicted molar refractivity (Wildman–Crippen MR) is 69.9 cm³/mol.